The lowest BCUT2D eigenvalue weighted by Gasteiger charge is -2.19. The first kappa shape index (κ1) is 13.1. The van der Waals surface area contributed by atoms with Gasteiger partial charge >= 0.3 is 0 Å². The molecule has 1 aromatic carbocycles. The molecule has 0 spiro atoms. The summed E-state index contributed by atoms with van der Waals surface area (Å²) in [5, 5.41) is 10.8. The molecule has 0 amide bonds. The first-order valence-corrected chi connectivity index (χ1v) is 7.33. The van der Waals surface area contributed by atoms with Crippen LogP contribution in [0.25, 0.3) is 0 Å². The van der Waals surface area contributed by atoms with Gasteiger partial charge in [0.1, 0.15) is 0 Å². The molecule has 0 bridgehead atoms. The molecule has 19 heavy (non-hydrogen) atoms. The molecule has 104 valence electrons. The van der Waals surface area contributed by atoms with E-state index >= 15 is 0 Å². The van der Waals surface area contributed by atoms with Crippen molar-refractivity contribution in [3.05, 3.63) is 22.2 Å². The van der Waals surface area contributed by atoms with Crippen LogP contribution in [-0.4, -0.2) is 23.9 Å². The molecule has 2 aliphatic rings. The molecular formula is C15H19ClO3. The van der Waals surface area contributed by atoms with E-state index in [9.17, 15) is 5.11 Å². The molecule has 0 atom stereocenters. The maximum Gasteiger partial charge on any atom is 0.164 e. The highest BCUT2D eigenvalue weighted by Crippen LogP contribution is 2.45. The van der Waals surface area contributed by atoms with Gasteiger partial charge in [0.05, 0.1) is 18.8 Å². The Balaban J connectivity index is 2.05. The van der Waals surface area contributed by atoms with E-state index in [-0.39, 0.29) is 0 Å². The van der Waals surface area contributed by atoms with Crippen LogP contribution in [0, 0.1) is 0 Å². The highest BCUT2D eigenvalue weighted by molar-refractivity contribution is 6.31. The summed E-state index contributed by atoms with van der Waals surface area (Å²) in [7, 11) is 0. The van der Waals surface area contributed by atoms with Crippen LogP contribution in [0.5, 0.6) is 11.5 Å². The third-order valence-electron chi connectivity index (χ3n) is 3.89. The molecule has 1 aliphatic heterocycles. The molecule has 1 saturated carbocycles. The molecule has 1 aliphatic carbocycles. The van der Waals surface area contributed by atoms with Gasteiger partial charge in [-0.15, -0.1) is 0 Å². The van der Waals surface area contributed by atoms with E-state index in [4.69, 9.17) is 21.1 Å². The largest absolute Gasteiger partial charge is 0.489 e. The van der Waals surface area contributed by atoms with Crippen LogP contribution in [0.4, 0.5) is 0 Å². The zero-order valence-corrected chi connectivity index (χ0v) is 11.9. The van der Waals surface area contributed by atoms with E-state index in [1.807, 2.05) is 6.07 Å². The van der Waals surface area contributed by atoms with Gasteiger partial charge in [-0.05, 0) is 24.8 Å². The fourth-order valence-electron chi connectivity index (χ4n) is 2.59. The Morgan fingerprint density at radius 2 is 2.00 bits per heavy atom. The van der Waals surface area contributed by atoms with Crippen molar-refractivity contribution in [1.82, 2.24) is 0 Å². The molecule has 0 aromatic heterocycles. The first-order valence-electron chi connectivity index (χ1n) is 6.95. The fraction of sp³-hybridized carbons (Fsp3) is 0.600. The molecule has 1 fully saturated rings. The predicted octanol–water partition coefficient (Wildman–Crippen LogP) is 3.13. The summed E-state index contributed by atoms with van der Waals surface area (Å²) in [4.78, 5) is 0. The lowest BCUT2D eigenvalue weighted by molar-refractivity contribution is 0.150. The van der Waals surface area contributed by atoms with Crippen molar-refractivity contribution in [3.63, 3.8) is 0 Å². The Morgan fingerprint density at radius 1 is 1.26 bits per heavy atom. The SMILES string of the molecule is CCc1c(CC2(O)CC2)c(Cl)cc2c1OCCCO2. The predicted molar refractivity (Wildman–Crippen MR) is 74.3 cm³/mol. The second kappa shape index (κ2) is 4.88. The molecule has 4 heteroatoms. The van der Waals surface area contributed by atoms with Crippen molar-refractivity contribution < 1.29 is 14.6 Å². The van der Waals surface area contributed by atoms with Crippen molar-refractivity contribution in [1.29, 1.82) is 0 Å². The van der Waals surface area contributed by atoms with Crippen LogP contribution in [0.3, 0.4) is 0 Å². The monoisotopic (exact) mass is 282 g/mol. The van der Waals surface area contributed by atoms with E-state index < -0.39 is 5.60 Å². The quantitative estimate of drug-likeness (QED) is 0.926. The standard InChI is InChI=1S/C15H19ClO3/c1-2-10-11(9-15(17)4-5-15)12(16)8-13-14(10)19-7-3-6-18-13/h8,17H,2-7,9H2,1H3. The summed E-state index contributed by atoms with van der Waals surface area (Å²) >= 11 is 6.39. The Bertz CT molecular complexity index is 495. The topological polar surface area (TPSA) is 38.7 Å². The van der Waals surface area contributed by atoms with Gasteiger partial charge in [0.15, 0.2) is 11.5 Å². The summed E-state index contributed by atoms with van der Waals surface area (Å²) in [6, 6.07) is 1.84. The Labute approximate surface area is 118 Å². The maximum atomic E-state index is 10.2. The van der Waals surface area contributed by atoms with Crippen molar-refractivity contribution in [2.75, 3.05) is 13.2 Å². The van der Waals surface area contributed by atoms with E-state index in [0.29, 0.717) is 24.7 Å². The minimum absolute atomic E-state index is 0.548. The molecule has 0 unspecified atom stereocenters. The normalized spacial score (nSPS) is 19.9. The average Bonchev–Trinajstić information content (AvgIpc) is 3.14. The van der Waals surface area contributed by atoms with Gasteiger partial charge in [0, 0.05) is 29.5 Å². The molecule has 1 heterocycles. The van der Waals surface area contributed by atoms with E-state index in [1.54, 1.807) is 0 Å². The lowest BCUT2D eigenvalue weighted by Crippen LogP contribution is -2.13. The summed E-state index contributed by atoms with van der Waals surface area (Å²) in [6.07, 6.45) is 4.06. The van der Waals surface area contributed by atoms with E-state index in [2.05, 4.69) is 6.92 Å². The number of fused-ring (bicyclic) bond motifs is 1. The third-order valence-corrected chi connectivity index (χ3v) is 4.22. The van der Waals surface area contributed by atoms with Crippen LogP contribution >= 0.6 is 11.6 Å². The van der Waals surface area contributed by atoms with Crippen LogP contribution in [0.2, 0.25) is 5.02 Å². The average molecular weight is 283 g/mol. The number of aliphatic hydroxyl groups is 1. The zero-order valence-electron chi connectivity index (χ0n) is 11.2. The number of halogens is 1. The number of hydrogen-bond donors (Lipinski definition) is 1. The maximum absolute atomic E-state index is 10.2. The van der Waals surface area contributed by atoms with Crippen LogP contribution in [-0.2, 0) is 12.8 Å². The molecule has 1 aromatic rings. The molecule has 3 nitrogen and oxygen atoms in total. The summed E-state index contributed by atoms with van der Waals surface area (Å²) in [5.41, 5.74) is 1.56. The molecule has 3 rings (SSSR count). The molecule has 0 saturated heterocycles. The van der Waals surface area contributed by atoms with Crippen molar-refractivity contribution in [2.24, 2.45) is 0 Å². The highest BCUT2D eigenvalue weighted by atomic mass is 35.5. The number of hydrogen-bond acceptors (Lipinski definition) is 3. The van der Waals surface area contributed by atoms with E-state index in [0.717, 1.165) is 48.3 Å². The van der Waals surface area contributed by atoms with Crippen LogP contribution in [0.1, 0.15) is 37.3 Å². The Morgan fingerprint density at radius 3 is 2.68 bits per heavy atom. The van der Waals surface area contributed by atoms with Crippen LogP contribution in [0.15, 0.2) is 6.07 Å². The Kier molecular flexibility index (Phi) is 3.35. The molecular weight excluding hydrogens is 264 g/mol. The Hall–Kier alpha value is -0.930. The number of rotatable bonds is 3. The first-order chi connectivity index (χ1) is 9.13. The minimum Gasteiger partial charge on any atom is -0.489 e. The summed E-state index contributed by atoms with van der Waals surface area (Å²) in [6.45, 7) is 3.42. The smallest absolute Gasteiger partial charge is 0.164 e. The third kappa shape index (κ3) is 2.54. The summed E-state index contributed by atoms with van der Waals surface area (Å²) < 4.78 is 11.5. The van der Waals surface area contributed by atoms with Crippen LogP contribution < -0.4 is 9.47 Å². The fourth-order valence-corrected chi connectivity index (χ4v) is 2.87. The van der Waals surface area contributed by atoms with Gasteiger partial charge in [0.25, 0.3) is 0 Å². The minimum atomic E-state index is -0.548. The number of benzene rings is 1. The van der Waals surface area contributed by atoms with Gasteiger partial charge in [-0.25, -0.2) is 0 Å². The van der Waals surface area contributed by atoms with E-state index in [1.165, 1.54) is 0 Å². The molecule has 1 N–H and O–H groups in total. The second-order valence-electron chi connectivity index (χ2n) is 5.45. The number of ether oxygens (including phenoxy) is 2. The van der Waals surface area contributed by atoms with Gasteiger partial charge < -0.3 is 14.6 Å². The van der Waals surface area contributed by atoms with Gasteiger partial charge in [-0.2, -0.15) is 0 Å². The van der Waals surface area contributed by atoms with Gasteiger partial charge in [-0.1, -0.05) is 18.5 Å². The second-order valence-corrected chi connectivity index (χ2v) is 5.86. The summed E-state index contributed by atoms with van der Waals surface area (Å²) in [5.74, 6) is 1.56. The zero-order chi connectivity index (χ0) is 13.5. The van der Waals surface area contributed by atoms with Crippen molar-refractivity contribution in [2.45, 2.75) is 44.6 Å². The van der Waals surface area contributed by atoms with Crippen molar-refractivity contribution in [3.8, 4) is 11.5 Å². The van der Waals surface area contributed by atoms with Crippen molar-refractivity contribution >= 4 is 11.6 Å². The highest BCUT2D eigenvalue weighted by Gasteiger charge is 2.41. The lowest BCUT2D eigenvalue weighted by atomic mass is 9.97. The van der Waals surface area contributed by atoms with Gasteiger partial charge in [-0.3, -0.25) is 0 Å². The molecule has 0 radical (unpaired) electrons. The van der Waals surface area contributed by atoms with Gasteiger partial charge in [0.2, 0.25) is 0 Å².